The van der Waals surface area contributed by atoms with E-state index in [1.54, 1.807) is 30.3 Å². The summed E-state index contributed by atoms with van der Waals surface area (Å²) < 4.78 is 16.6. The van der Waals surface area contributed by atoms with Gasteiger partial charge < -0.3 is 31.5 Å². The van der Waals surface area contributed by atoms with Crippen LogP contribution in [-0.4, -0.2) is 45.4 Å². The third-order valence-electron chi connectivity index (χ3n) is 4.23. The van der Waals surface area contributed by atoms with Crippen LogP contribution >= 0.6 is 11.6 Å². The first-order valence-electron chi connectivity index (χ1n) is 8.99. The Kier molecular flexibility index (Phi) is 9.31. The van der Waals surface area contributed by atoms with Gasteiger partial charge in [0.25, 0.3) is 0 Å². The molecule has 1 aliphatic heterocycles. The minimum absolute atomic E-state index is 0. The molecule has 1 heterocycles. The molecule has 0 radical (unpaired) electrons. The van der Waals surface area contributed by atoms with Crippen molar-refractivity contribution in [2.45, 2.75) is 0 Å². The number of benzene rings is 2. The molecule has 0 aliphatic carbocycles. The number of quaternary nitrogens is 1. The van der Waals surface area contributed by atoms with Gasteiger partial charge in [-0.25, -0.2) is 4.79 Å². The first-order valence-corrected chi connectivity index (χ1v) is 9.37. The summed E-state index contributed by atoms with van der Waals surface area (Å²) in [7, 11) is 0. The molecule has 1 fully saturated rings. The van der Waals surface area contributed by atoms with Crippen LogP contribution in [0.4, 0.5) is 0 Å². The van der Waals surface area contributed by atoms with Gasteiger partial charge in [0.15, 0.2) is 0 Å². The van der Waals surface area contributed by atoms with Crippen molar-refractivity contribution in [2.75, 3.05) is 39.5 Å². The molecule has 7 heteroatoms. The maximum atomic E-state index is 12.6. The number of rotatable bonds is 7. The predicted molar refractivity (Wildman–Crippen MR) is 104 cm³/mol. The van der Waals surface area contributed by atoms with E-state index in [0.717, 1.165) is 38.4 Å². The zero-order valence-electron chi connectivity index (χ0n) is 15.4. The molecule has 1 saturated heterocycles. The van der Waals surface area contributed by atoms with Crippen LogP contribution < -0.4 is 22.0 Å². The van der Waals surface area contributed by atoms with Crippen LogP contribution in [-0.2, 0) is 14.3 Å². The summed E-state index contributed by atoms with van der Waals surface area (Å²) in [6, 6.07) is 16.4. The lowest BCUT2D eigenvalue weighted by molar-refractivity contribution is -0.908. The van der Waals surface area contributed by atoms with Gasteiger partial charge in [0.1, 0.15) is 32.0 Å². The normalized spacial score (nSPS) is 14.8. The van der Waals surface area contributed by atoms with E-state index < -0.39 is 5.97 Å². The Morgan fingerprint density at radius 2 is 1.75 bits per heavy atom. The van der Waals surface area contributed by atoms with Crippen molar-refractivity contribution in [3.8, 4) is 5.75 Å². The summed E-state index contributed by atoms with van der Waals surface area (Å²) in [5, 5.41) is 0.604. The lowest BCUT2D eigenvalue weighted by atomic mass is 10.2. The number of hydrogen-bond acceptors (Lipinski definition) is 4. The summed E-state index contributed by atoms with van der Waals surface area (Å²) in [5.74, 6) is 0.180. The standard InChI is InChI=1S/C21H22ClNO4.ClH/c22-18-6-8-19(9-7-18)27-20(16-17-4-2-1-3-5-17)21(24)26-15-12-23-10-13-25-14-11-23;/h1-9,16H,10-15H2;1H/b20-16-;. The number of morpholine rings is 1. The molecule has 1 aliphatic rings. The quantitative estimate of drug-likeness (QED) is 0.360. The van der Waals surface area contributed by atoms with Gasteiger partial charge in [0, 0.05) is 5.02 Å². The number of carbonyl (C=O) groups excluding carboxylic acids is 1. The molecule has 0 spiro atoms. The van der Waals surface area contributed by atoms with E-state index in [4.69, 9.17) is 25.8 Å². The number of esters is 1. The second kappa shape index (κ2) is 11.7. The molecule has 1 N–H and O–H groups in total. The Bertz CT molecular complexity index is 760. The largest absolute Gasteiger partial charge is 1.00 e. The maximum Gasteiger partial charge on any atom is 0.374 e. The summed E-state index contributed by atoms with van der Waals surface area (Å²) >= 11 is 5.91. The highest BCUT2D eigenvalue weighted by molar-refractivity contribution is 6.30. The molecule has 0 saturated carbocycles. The Balaban J connectivity index is 0.00000280. The van der Waals surface area contributed by atoms with Crippen molar-refractivity contribution in [2.24, 2.45) is 0 Å². The second-order valence-electron chi connectivity index (χ2n) is 6.22. The molecule has 5 nitrogen and oxygen atoms in total. The van der Waals surface area contributed by atoms with Gasteiger partial charge in [-0.15, -0.1) is 0 Å². The van der Waals surface area contributed by atoms with Crippen LogP contribution in [0.2, 0.25) is 5.02 Å². The number of nitrogens with one attached hydrogen (secondary N) is 1. The fraction of sp³-hybridized carbons (Fsp3) is 0.286. The third-order valence-corrected chi connectivity index (χ3v) is 4.48. The van der Waals surface area contributed by atoms with Gasteiger partial charge in [0.05, 0.1) is 13.2 Å². The van der Waals surface area contributed by atoms with Crippen LogP contribution in [0.5, 0.6) is 5.75 Å². The fourth-order valence-corrected chi connectivity index (χ4v) is 2.86. The molecule has 0 unspecified atom stereocenters. The average Bonchev–Trinajstić information content (AvgIpc) is 2.70. The number of carbonyl (C=O) groups is 1. The minimum Gasteiger partial charge on any atom is -1.00 e. The van der Waals surface area contributed by atoms with Gasteiger partial charge in [-0.1, -0.05) is 41.9 Å². The molecule has 0 amide bonds. The van der Waals surface area contributed by atoms with Crippen molar-refractivity contribution in [3.63, 3.8) is 0 Å². The molecule has 2 aromatic carbocycles. The Labute approximate surface area is 176 Å². The monoisotopic (exact) mass is 423 g/mol. The lowest BCUT2D eigenvalue weighted by Crippen LogP contribution is -3.14. The fourth-order valence-electron chi connectivity index (χ4n) is 2.73. The van der Waals surface area contributed by atoms with Gasteiger partial charge in [-0.2, -0.15) is 0 Å². The number of hydrogen-bond donors (Lipinski definition) is 1. The molecule has 150 valence electrons. The lowest BCUT2D eigenvalue weighted by Gasteiger charge is -2.23. The molecular weight excluding hydrogens is 401 g/mol. The van der Waals surface area contributed by atoms with Gasteiger partial charge >= 0.3 is 5.97 Å². The second-order valence-corrected chi connectivity index (χ2v) is 6.66. The minimum atomic E-state index is -0.485. The first-order chi connectivity index (χ1) is 13.2. The molecule has 28 heavy (non-hydrogen) atoms. The highest BCUT2D eigenvalue weighted by Crippen LogP contribution is 2.19. The van der Waals surface area contributed by atoms with E-state index in [9.17, 15) is 4.79 Å². The molecule has 0 atom stereocenters. The first kappa shape index (κ1) is 22.2. The van der Waals surface area contributed by atoms with Crippen LogP contribution in [0, 0.1) is 0 Å². The molecule has 0 aromatic heterocycles. The van der Waals surface area contributed by atoms with Crippen molar-refractivity contribution in [3.05, 3.63) is 70.9 Å². The van der Waals surface area contributed by atoms with Crippen LogP contribution in [0.1, 0.15) is 5.56 Å². The number of ether oxygens (including phenoxy) is 3. The van der Waals surface area contributed by atoms with Gasteiger partial charge in [-0.05, 0) is 35.9 Å². The van der Waals surface area contributed by atoms with Crippen molar-refractivity contribution >= 4 is 23.6 Å². The Morgan fingerprint density at radius 3 is 2.43 bits per heavy atom. The number of halogens is 2. The average molecular weight is 424 g/mol. The maximum absolute atomic E-state index is 12.6. The molecule has 0 bridgehead atoms. The highest BCUT2D eigenvalue weighted by Gasteiger charge is 2.17. The van der Waals surface area contributed by atoms with Gasteiger partial charge in [-0.3, -0.25) is 0 Å². The third kappa shape index (κ3) is 7.17. The van der Waals surface area contributed by atoms with Crippen LogP contribution in [0.3, 0.4) is 0 Å². The van der Waals surface area contributed by atoms with Crippen molar-refractivity contribution in [1.82, 2.24) is 0 Å². The molecular formula is C21H23Cl2NO4. The van der Waals surface area contributed by atoms with Crippen molar-refractivity contribution < 1.29 is 36.3 Å². The van der Waals surface area contributed by atoms with Gasteiger partial charge in [0.2, 0.25) is 5.76 Å². The molecule has 3 rings (SSSR count). The SMILES string of the molecule is O=C(OCC[NH+]1CCOCC1)/C(=C/c1ccccc1)Oc1ccc(Cl)cc1.[Cl-]. The Hall–Kier alpha value is -2.05. The predicted octanol–water partition coefficient (Wildman–Crippen LogP) is -0.778. The van der Waals surface area contributed by atoms with Crippen LogP contribution in [0.15, 0.2) is 60.4 Å². The summed E-state index contributed by atoms with van der Waals surface area (Å²) in [6.45, 7) is 4.47. The summed E-state index contributed by atoms with van der Waals surface area (Å²) in [6.07, 6.45) is 1.68. The van der Waals surface area contributed by atoms with E-state index >= 15 is 0 Å². The smallest absolute Gasteiger partial charge is 0.374 e. The topological polar surface area (TPSA) is 49.2 Å². The van der Waals surface area contributed by atoms with Crippen LogP contribution in [0.25, 0.3) is 6.08 Å². The van der Waals surface area contributed by atoms with E-state index in [2.05, 4.69) is 0 Å². The summed E-state index contributed by atoms with van der Waals surface area (Å²) in [5.41, 5.74) is 0.859. The zero-order valence-corrected chi connectivity index (χ0v) is 16.9. The van der Waals surface area contributed by atoms with E-state index in [-0.39, 0.29) is 18.2 Å². The Morgan fingerprint density at radius 1 is 1.07 bits per heavy atom. The van der Waals surface area contributed by atoms with E-state index in [0.29, 0.717) is 17.4 Å². The van der Waals surface area contributed by atoms with Crippen molar-refractivity contribution in [1.29, 1.82) is 0 Å². The van der Waals surface area contributed by atoms with E-state index in [1.165, 1.54) is 4.90 Å². The molecule has 2 aromatic rings. The summed E-state index contributed by atoms with van der Waals surface area (Å²) in [4.78, 5) is 14.0. The highest BCUT2D eigenvalue weighted by atomic mass is 35.5. The zero-order chi connectivity index (χ0) is 18.9. The van der Waals surface area contributed by atoms with E-state index in [1.807, 2.05) is 30.3 Å².